The van der Waals surface area contributed by atoms with Crippen molar-refractivity contribution in [1.29, 1.82) is 0 Å². The Bertz CT molecular complexity index is 312. The van der Waals surface area contributed by atoms with Crippen molar-refractivity contribution in [2.24, 2.45) is 5.92 Å². The van der Waals surface area contributed by atoms with Gasteiger partial charge in [0.1, 0.15) is 0 Å². The summed E-state index contributed by atoms with van der Waals surface area (Å²) in [4.78, 5) is 12.3. The van der Waals surface area contributed by atoms with Crippen LogP contribution in [0.2, 0.25) is 0 Å². The van der Waals surface area contributed by atoms with Crippen LogP contribution < -0.4 is 5.32 Å². The maximum absolute atomic E-state index is 12.3. The van der Waals surface area contributed by atoms with E-state index in [9.17, 15) is 4.79 Å². The second kappa shape index (κ2) is 8.36. The SMILES string of the molecule is CCCC(CC)NC(=O)C1CC=C(C)C(OC)CC1. The molecule has 1 amide bonds. The summed E-state index contributed by atoms with van der Waals surface area (Å²) in [5, 5.41) is 3.20. The molecule has 0 aromatic rings. The largest absolute Gasteiger partial charge is 0.377 e. The molecule has 3 nitrogen and oxygen atoms in total. The van der Waals surface area contributed by atoms with Crippen LogP contribution >= 0.6 is 0 Å². The van der Waals surface area contributed by atoms with E-state index in [1.54, 1.807) is 7.11 Å². The van der Waals surface area contributed by atoms with E-state index in [4.69, 9.17) is 4.74 Å². The molecule has 19 heavy (non-hydrogen) atoms. The number of nitrogens with one attached hydrogen (secondary N) is 1. The topological polar surface area (TPSA) is 38.3 Å². The molecule has 1 aliphatic carbocycles. The summed E-state index contributed by atoms with van der Waals surface area (Å²) in [5.74, 6) is 0.335. The molecule has 0 aliphatic heterocycles. The molecule has 0 fully saturated rings. The van der Waals surface area contributed by atoms with Crippen molar-refractivity contribution in [3.05, 3.63) is 11.6 Å². The van der Waals surface area contributed by atoms with Crippen LogP contribution in [0.3, 0.4) is 0 Å². The van der Waals surface area contributed by atoms with Crippen LogP contribution in [0.4, 0.5) is 0 Å². The summed E-state index contributed by atoms with van der Waals surface area (Å²) < 4.78 is 5.45. The standard InChI is InChI=1S/C16H29NO2/c1-5-7-14(6-2)17-16(18)13-9-8-12(3)15(19-4)11-10-13/h8,13-15H,5-7,9-11H2,1-4H3,(H,17,18). The number of allylic oxidation sites excluding steroid dienone is 1. The lowest BCUT2D eigenvalue weighted by atomic mass is 9.98. The molecule has 1 aliphatic rings. The fourth-order valence-electron chi connectivity index (χ4n) is 2.75. The number of carbonyl (C=O) groups excluding carboxylic acids is 1. The summed E-state index contributed by atoms with van der Waals surface area (Å²) in [7, 11) is 1.75. The molecule has 1 rings (SSSR count). The van der Waals surface area contributed by atoms with E-state index in [0.717, 1.165) is 38.5 Å². The molecular weight excluding hydrogens is 238 g/mol. The monoisotopic (exact) mass is 267 g/mol. The Morgan fingerprint density at radius 2 is 2.21 bits per heavy atom. The summed E-state index contributed by atoms with van der Waals surface area (Å²) in [6.07, 6.45) is 8.28. The smallest absolute Gasteiger partial charge is 0.223 e. The number of hydrogen-bond acceptors (Lipinski definition) is 2. The highest BCUT2D eigenvalue weighted by atomic mass is 16.5. The fraction of sp³-hybridized carbons (Fsp3) is 0.812. The van der Waals surface area contributed by atoms with Crippen LogP contribution in [0.1, 0.15) is 59.3 Å². The van der Waals surface area contributed by atoms with Gasteiger partial charge in [-0.15, -0.1) is 0 Å². The molecular formula is C16H29NO2. The van der Waals surface area contributed by atoms with E-state index < -0.39 is 0 Å². The number of rotatable bonds is 6. The fourth-order valence-corrected chi connectivity index (χ4v) is 2.75. The molecule has 3 heteroatoms. The Morgan fingerprint density at radius 1 is 1.47 bits per heavy atom. The number of methoxy groups -OCH3 is 1. The molecule has 0 radical (unpaired) electrons. The lowest BCUT2D eigenvalue weighted by Crippen LogP contribution is -2.38. The van der Waals surface area contributed by atoms with Gasteiger partial charge in [-0.3, -0.25) is 4.79 Å². The van der Waals surface area contributed by atoms with E-state index in [1.165, 1.54) is 5.57 Å². The third-order valence-electron chi connectivity index (χ3n) is 4.14. The van der Waals surface area contributed by atoms with Crippen LogP contribution in [0.5, 0.6) is 0 Å². The minimum absolute atomic E-state index is 0.112. The highest BCUT2D eigenvalue weighted by Crippen LogP contribution is 2.24. The van der Waals surface area contributed by atoms with Crippen molar-refractivity contribution in [2.45, 2.75) is 71.4 Å². The maximum atomic E-state index is 12.3. The third kappa shape index (κ3) is 4.98. The first kappa shape index (κ1) is 16.2. The average molecular weight is 267 g/mol. The van der Waals surface area contributed by atoms with Gasteiger partial charge in [-0.2, -0.15) is 0 Å². The lowest BCUT2D eigenvalue weighted by molar-refractivity contribution is -0.126. The molecule has 110 valence electrons. The predicted octanol–water partition coefficient (Wildman–Crippen LogP) is 3.44. The molecule has 0 bridgehead atoms. The molecule has 0 saturated carbocycles. The first-order valence-electron chi connectivity index (χ1n) is 7.62. The van der Waals surface area contributed by atoms with Gasteiger partial charge in [-0.1, -0.05) is 26.3 Å². The summed E-state index contributed by atoms with van der Waals surface area (Å²) >= 11 is 0. The number of ether oxygens (including phenoxy) is 1. The lowest BCUT2D eigenvalue weighted by Gasteiger charge is -2.20. The normalized spacial score (nSPS) is 25.4. The number of carbonyl (C=O) groups is 1. The molecule has 0 spiro atoms. The van der Waals surface area contributed by atoms with Gasteiger partial charge in [0.2, 0.25) is 5.91 Å². The molecule has 0 aromatic carbocycles. The van der Waals surface area contributed by atoms with Gasteiger partial charge < -0.3 is 10.1 Å². The molecule has 0 aromatic heterocycles. The van der Waals surface area contributed by atoms with Crippen LogP contribution in [0.25, 0.3) is 0 Å². The molecule has 0 heterocycles. The zero-order valence-electron chi connectivity index (χ0n) is 12.9. The average Bonchev–Trinajstić information content (AvgIpc) is 2.59. The van der Waals surface area contributed by atoms with Crippen molar-refractivity contribution in [3.63, 3.8) is 0 Å². The minimum Gasteiger partial charge on any atom is -0.377 e. The Kier molecular flexibility index (Phi) is 7.14. The second-order valence-corrected chi connectivity index (χ2v) is 5.58. The van der Waals surface area contributed by atoms with Crippen molar-refractivity contribution in [1.82, 2.24) is 5.32 Å². The van der Waals surface area contributed by atoms with E-state index in [2.05, 4.69) is 32.2 Å². The highest BCUT2D eigenvalue weighted by molar-refractivity contribution is 5.79. The van der Waals surface area contributed by atoms with Crippen molar-refractivity contribution >= 4 is 5.91 Å². The first-order chi connectivity index (χ1) is 9.12. The highest BCUT2D eigenvalue weighted by Gasteiger charge is 2.24. The predicted molar refractivity (Wildman–Crippen MR) is 79.0 cm³/mol. The van der Waals surface area contributed by atoms with Crippen molar-refractivity contribution in [2.75, 3.05) is 7.11 Å². The summed E-state index contributed by atoms with van der Waals surface area (Å²) in [6, 6.07) is 0.337. The van der Waals surface area contributed by atoms with Gasteiger partial charge in [0.05, 0.1) is 6.10 Å². The first-order valence-corrected chi connectivity index (χ1v) is 7.62. The minimum atomic E-state index is 0.112. The quantitative estimate of drug-likeness (QED) is 0.749. The van der Waals surface area contributed by atoms with Crippen LogP contribution in [-0.2, 0) is 9.53 Å². The Balaban J connectivity index is 2.54. The van der Waals surface area contributed by atoms with Gasteiger partial charge >= 0.3 is 0 Å². The number of amides is 1. The van der Waals surface area contributed by atoms with Crippen LogP contribution in [0, 0.1) is 5.92 Å². The third-order valence-corrected chi connectivity index (χ3v) is 4.14. The van der Waals surface area contributed by atoms with Crippen LogP contribution in [-0.4, -0.2) is 25.2 Å². The Labute approximate surface area is 117 Å². The molecule has 3 atom stereocenters. The zero-order valence-corrected chi connectivity index (χ0v) is 12.9. The molecule has 0 saturated heterocycles. The van der Waals surface area contributed by atoms with Gasteiger partial charge in [0.15, 0.2) is 0 Å². The van der Waals surface area contributed by atoms with Gasteiger partial charge in [0, 0.05) is 19.1 Å². The van der Waals surface area contributed by atoms with Gasteiger partial charge in [0.25, 0.3) is 0 Å². The van der Waals surface area contributed by atoms with Gasteiger partial charge in [-0.25, -0.2) is 0 Å². The number of hydrogen-bond donors (Lipinski definition) is 1. The summed E-state index contributed by atoms with van der Waals surface area (Å²) in [5.41, 5.74) is 1.26. The Morgan fingerprint density at radius 3 is 2.79 bits per heavy atom. The maximum Gasteiger partial charge on any atom is 0.223 e. The molecule has 1 N–H and O–H groups in total. The van der Waals surface area contributed by atoms with E-state index in [0.29, 0.717) is 6.04 Å². The second-order valence-electron chi connectivity index (χ2n) is 5.58. The summed E-state index contributed by atoms with van der Waals surface area (Å²) in [6.45, 7) is 6.40. The van der Waals surface area contributed by atoms with Crippen LogP contribution in [0.15, 0.2) is 11.6 Å². The van der Waals surface area contributed by atoms with Gasteiger partial charge in [-0.05, 0) is 44.6 Å². The van der Waals surface area contributed by atoms with E-state index >= 15 is 0 Å². The van der Waals surface area contributed by atoms with E-state index in [-0.39, 0.29) is 17.9 Å². The Hall–Kier alpha value is -0.830. The van der Waals surface area contributed by atoms with E-state index in [1.807, 2.05) is 0 Å². The molecule has 3 unspecified atom stereocenters. The zero-order chi connectivity index (χ0) is 14.3. The van der Waals surface area contributed by atoms with Crippen molar-refractivity contribution < 1.29 is 9.53 Å². The van der Waals surface area contributed by atoms with Crippen molar-refractivity contribution in [3.8, 4) is 0 Å².